The number of hydrogen-bond donors (Lipinski definition) is 1. The number of carbonyl (C=O) groups is 1. The van der Waals surface area contributed by atoms with E-state index in [1.165, 1.54) is 5.56 Å². The minimum atomic E-state index is 0.0595. The standard InChI is InChI=1S/C13H18N2O2/c1-14-7-8-15(13(14)17)12-6-2-4-11(10-12)5-3-9-16/h2,4,6,10,16H,3,5,7-9H2,1H3. The fraction of sp³-hybridized carbons (Fsp3) is 0.462. The Morgan fingerprint density at radius 3 is 2.82 bits per heavy atom. The van der Waals surface area contributed by atoms with Crippen molar-refractivity contribution in [1.29, 1.82) is 0 Å². The number of urea groups is 1. The summed E-state index contributed by atoms with van der Waals surface area (Å²) in [6, 6.07) is 8.05. The van der Waals surface area contributed by atoms with Gasteiger partial charge in [0.1, 0.15) is 0 Å². The second-order valence-corrected chi connectivity index (χ2v) is 4.35. The highest BCUT2D eigenvalue weighted by molar-refractivity contribution is 5.93. The zero-order valence-electron chi connectivity index (χ0n) is 10.1. The Hall–Kier alpha value is -1.55. The number of aryl methyl sites for hydroxylation is 1. The van der Waals surface area contributed by atoms with Crippen LogP contribution in [0.4, 0.5) is 10.5 Å². The van der Waals surface area contributed by atoms with Crippen LogP contribution in [-0.4, -0.2) is 42.8 Å². The lowest BCUT2D eigenvalue weighted by molar-refractivity contribution is 0.229. The molecule has 0 atom stereocenters. The van der Waals surface area contributed by atoms with E-state index < -0.39 is 0 Å². The van der Waals surface area contributed by atoms with E-state index in [2.05, 4.69) is 0 Å². The third-order valence-corrected chi connectivity index (χ3v) is 3.06. The average molecular weight is 234 g/mol. The summed E-state index contributed by atoms with van der Waals surface area (Å²) >= 11 is 0. The largest absolute Gasteiger partial charge is 0.396 e. The van der Waals surface area contributed by atoms with Crippen molar-refractivity contribution >= 4 is 11.7 Å². The van der Waals surface area contributed by atoms with Gasteiger partial charge in [-0.2, -0.15) is 0 Å². The maximum Gasteiger partial charge on any atom is 0.324 e. The summed E-state index contributed by atoms with van der Waals surface area (Å²) in [4.78, 5) is 15.4. The Kier molecular flexibility index (Phi) is 3.64. The highest BCUT2D eigenvalue weighted by Gasteiger charge is 2.26. The van der Waals surface area contributed by atoms with E-state index in [1.54, 1.807) is 9.80 Å². The molecule has 1 aliphatic rings. The van der Waals surface area contributed by atoms with Gasteiger partial charge in [0.05, 0.1) is 0 Å². The van der Waals surface area contributed by atoms with Crippen LogP contribution in [-0.2, 0) is 6.42 Å². The van der Waals surface area contributed by atoms with Gasteiger partial charge in [-0.1, -0.05) is 12.1 Å². The Morgan fingerprint density at radius 1 is 1.35 bits per heavy atom. The van der Waals surface area contributed by atoms with Crippen molar-refractivity contribution in [2.75, 3.05) is 31.6 Å². The van der Waals surface area contributed by atoms with Gasteiger partial charge in [-0.25, -0.2) is 4.79 Å². The molecule has 0 radical (unpaired) electrons. The van der Waals surface area contributed by atoms with E-state index in [-0.39, 0.29) is 12.6 Å². The lowest BCUT2D eigenvalue weighted by Crippen LogP contribution is -2.29. The van der Waals surface area contributed by atoms with Gasteiger partial charge in [0, 0.05) is 32.4 Å². The molecule has 1 saturated heterocycles. The van der Waals surface area contributed by atoms with Crippen molar-refractivity contribution in [3.05, 3.63) is 29.8 Å². The Balaban J connectivity index is 2.13. The predicted octanol–water partition coefficient (Wildman–Crippen LogP) is 1.48. The molecule has 0 aliphatic carbocycles. The first-order valence-corrected chi connectivity index (χ1v) is 5.95. The van der Waals surface area contributed by atoms with Crippen molar-refractivity contribution in [2.24, 2.45) is 0 Å². The van der Waals surface area contributed by atoms with Crippen LogP contribution in [0.5, 0.6) is 0 Å². The molecule has 2 amide bonds. The third kappa shape index (κ3) is 2.58. The van der Waals surface area contributed by atoms with E-state index in [0.717, 1.165) is 31.6 Å². The molecule has 4 heteroatoms. The molecule has 1 aromatic carbocycles. The number of carbonyl (C=O) groups excluding carboxylic acids is 1. The van der Waals surface area contributed by atoms with Crippen molar-refractivity contribution in [3.8, 4) is 0 Å². The van der Waals surface area contributed by atoms with Crippen LogP contribution in [0.3, 0.4) is 0 Å². The Labute approximate surface area is 101 Å². The van der Waals surface area contributed by atoms with Crippen LogP contribution in [0, 0.1) is 0 Å². The van der Waals surface area contributed by atoms with Crippen LogP contribution in [0.1, 0.15) is 12.0 Å². The molecule has 4 nitrogen and oxygen atoms in total. The lowest BCUT2D eigenvalue weighted by atomic mass is 10.1. The quantitative estimate of drug-likeness (QED) is 0.857. The molecule has 2 rings (SSSR count). The van der Waals surface area contributed by atoms with E-state index >= 15 is 0 Å². The number of amides is 2. The molecular weight excluding hydrogens is 216 g/mol. The normalized spacial score (nSPS) is 15.8. The van der Waals surface area contributed by atoms with E-state index in [9.17, 15) is 4.79 Å². The van der Waals surface area contributed by atoms with Crippen LogP contribution in [0.15, 0.2) is 24.3 Å². The van der Waals surface area contributed by atoms with Gasteiger partial charge in [-0.3, -0.25) is 4.90 Å². The molecular formula is C13H18N2O2. The number of likely N-dealkylation sites (N-methyl/N-ethyl adjacent to an activating group) is 1. The number of nitrogens with zero attached hydrogens (tertiary/aromatic N) is 2. The molecule has 1 N–H and O–H groups in total. The summed E-state index contributed by atoms with van der Waals surface area (Å²) < 4.78 is 0. The van der Waals surface area contributed by atoms with Crippen LogP contribution in [0.25, 0.3) is 0 Å². The van der Waals surface area contributed by atoms with Crippen LogP contribution >= 0.6 is 0 Å². The van der Waals surface area contributed by atoms with Crippen LogP contribution < -0.4 is 4.90 Å². The van der Waals surface area contributed by atoms with Gasteiger partial charge in [-0.15, -0.1) is 0 Å². The molecule has 0 aromatic heterocycles. The van der Waals surface area contributed by atoms with Gasteiger partial charge in [0.25, 0.3) is 0 Å². The smallest absolute Gasteiger partial charge is 0.324 e. The van der Waals surface area contributed by atoms with E-state index in [1.807, 2.05) is 31.3 Å². The number of aliphatic hydroxyl groups is 1. The lowest BCUT2D eigenvalue weighted by Gasteiger charge is -2.16. The Morgan fingerprint density at radius 2 is 2.18 bits per heavy atom. The summed E-state index contributed by atoms with van der Waals surface area (Å²) in [5.41, 5.74) is 2.12. The molecule has 1 heterocycles. The maximum atomic E-state index is 11.8. The zero-order valence-corrected chi connectivity index (χ0v) is 10.1. The van der Waals surface area contributed by atoms with E-state index in [0.29, 0.717) is 0 Å². The van der Waals surface area contributed by atoms with Crippen molar-refractivity contribution < 1.29 is 9.90 Å². The first-order valence-electron chi connectivity index (χ1n) is 5.95. The highest BCUT2D eigenvalue weighted by Crippen LogP contribution is 2.21. The molecule has 17 heavy (non-hydrogen) atoms. The summed E-state index contributed by atoms with van der Waals surface area (Å²) in [5, 5.41) is 8.81. The molecule has 1 fully saturated rings. The number of benzene rings is 1. The number of anilines is 1. The summed E-state index contributed by atoms with van der Waals surface area (Å²) in [5.74, 6) is 0. The predicted molar refractivity (Wildman–Crippen MR) is 67.2 cm³/mol. The molecule has 1 aliphatic heterocycles. The topological polar surface area (TPSA) is 43.8 Å². The molecule has 0 spiro atoms. The van der Waals surface area contributed by atoms with E-state index in [4.69, 9.17) is 5.11 Å². The summed E-state index contributed by atoms with van der Waals surface area (Å²) in [6.07, 6.45) is 1.61. The number of rotatable bonds is 4. The fourth-order valence-corrected chi connectivity index (χ4v) is 2.05. The van der Waals surface area contributed by atoms with Gasteiger partial charge in [-0.05, 0) is 30.5 Å². The average Bonchev–Trinajstić information content (AvgIpc) is 2.68. The molecule has 92 valence electrons. The summed E-state index contributed by atoms with van der Waals surface area (Å²) in [6.45, 7) is 1.73. The Bertz CT molecular complexity index is 406. The maximum absolute atomic E-state index is 11.8. The second-order valence-electron chi connectivity index (χ2n) is 4.35. The minimum Gasteiger partial charge on any atom is -0.396 e. The molecule has 0 bridgehead atoms. The highest BCUT2D eigenvalue weighted by atomic mass is 16.2. The van der Waals surface area contributed by atoms with Crippen molar-refractivity contribution in [2.45, 2.75) is 12.8 Å². The molecule has 0 unspecified atom stereocenters. The number of aliphatic hydroxyl groups excluding tert-OH is 1. The zero-order chi connectivity index (χ0) is 12.3. The van der Waals surface area contributed by atoms with Gasteiger partial charge >= 0.3 is 6.03 Å². The summed E-state index contributed by atoms with van der Waals surface area (Å²) in [7, 11) is 1.82. The van der Waals surface area contributed by atoms with Gasteiger partial charge in [0.15, 0.2) is 0 Å². The first-order chi connectivity index (χ1) is 8.22. The molecule has 0 saturated carbocycles. The minimum absolute atomic E-state index is 0.0595. The third-order valence-electron chi connectivity index (χ3n) is 3.06. The fourth-order valence-electron chi connectivity index (χ4n) is 2.05. The van der Waals surface area contributed by atoms with Gasteiger partial charge < -0.3 is 10.0 Å². The second kappa shape index (κ2) is 5.19. The molecule has 1 aromatic rings. The van der Waals surface area contributed by atoms with Crippen molar-refractivity contribution in [1.82, 2.24) is 4.90 Å². The first kappa shape index (κ1) is 11.9. The number of hydrogen-bond acceptors (Lipinski definition) is 2. The monoisotopic (exact) mass is 234 g/mol. The van der Waals surface area contributed by atoms with Crippen LogP contribution in [0.2, 0.25) is 0 Å². The van der Waals surface area contributed by atoms with Crippen molar-refractivity contribution in [3.63, 3.8) is 0 Å². The van der Waals surface area contributed by atoms with Gasteiger partial charge in [0.2, 0.25) is 0 Å². The SMILES string of the molecule is CN1CCN(c2cccc(CCCO)c2)C1=O.